The molecule has 0 atom stereocenters. The number of hydrogen-bond donors (Lipinski definition) is 1. The quantitative estimate of drug-likeness (QED) is 0.644. The second-order valence-corrected chi connectivity index (χ2v) is 2.02. The number of aromatic nitrogens is 1. The van der Waals surface area contributed by atoms with Crippen molar-refractivity contribution in [2.24, 2.45) is 0 Å². The van der Waals surface area contributed by atoms with Gasteiger partial charge in [-0.1, -0.05) is 0 Å². The van der Waals surface area contributed by atoms with Crippen molar-refractivity contribution in [3.8, 4) is 5.88 Å². The molecule has 0 spiro atoms. The van der Waals surface area contributed by atoms with Crippen LogP contribution < -0.4 is 4.74 Å². The number of rotatable bonds is 4. The van der Waals surface area contributed by atoms with Crippen LogP contribution in [0.2, 0.25) is 0 Å². The Hall–Kier alpha value is -1.09. The van der Waals surface area contributed by atoms with Crippen LogP contribution >= 0.6 is 0 Å². The Labute approximate surface area is 65.7 Å². The molecular formula is C8H10NO2. The van der Waals surface area contributed by atoms with E-state index in [1.165, 1.54) is 0 Å². The maximum Gasteiger partial charge on any atom is 0.213 e. The monoisotopic (exact) mass is 152 g/mol. The van der Waals surface area contributed by atoms with Crippen LogP contribution in [0.1, 0.15) is 6.42 Å². The van der Waals surface area contributed by atoms with Crippen molar-refractivity contribution in [2.45, 2.75) is 6.42 Å². The third-order valence-corrected chi connectivity index (χ3v) is 1.14. The van der Waals surface area contributed by atoms with Crippen molar-refractivity contribution >= 4 is 0 Å². The molecule has 1 heterocycles. The van der Waals surface area contributed by atoms with E-state index in [9.17, 15) is 0 Å². The number of hydrogen-bond acceptors (Lipinski definition) is 3. The summed E-state index contributed by atoms with van der Waals surface area (Å²) in [6.45, 7) is 0.659. The van der Waals surface area contributed by atoms with E-state index in [0.717, 1.165) is 0 Å². The molecule has 11 heavy (non-hydrogen) atoms. The molecule has 0 fully saturated rings. The smallest absolute Gasteiger partial charge is 0.213 e. The zero-order chi connectivity index (χ0) is 7.94. The maximum absolute atomic E-state index is 8.44. The molecule has 0 aliphatic rings. The number of nitrogens with zero attached hydrogens (tertiary/aromatic N) is 1. The zero-order valence-electron chi connectivity index (χ0n) is 6.16. The first-order valence-electron chi connectivity index (χ1n) is 3.49. The van der Waals surface area contributed by atoms with Gasteiger partial charge in [0, 0.05) is 31.4 Å². The largest absolute Gasteiger partial charge is 0.478 e. The van der Waals surface area contributed by atoms with Crippen LogP contribution in [0.3, 0.4) is 0 Å². The Balaban J connectivity index is 2.28. The number of aliphatic hydroxyl groups excluding tert-OH is 1. The highest BCUT2D eigenvalue weighted by Crippen LogP contribution is 2.02. The summed E-state index contributed by atoms with van der Waals surface area (Å²) in [5.41, 5.74) is 0. The molecule has 0 aliphatic heterocycles. The van der Waals surface area contributed by atoms with Gasteiger partial charge in [0.1, 0.15) is 0 Å². The minimum absolute atomic E-state index is 0.152. The molecule has 1 N–H and O–H groups in total. The van der Waals surface area contributed by atoms with Gasteiger partial charge in [-0.2, -0.15) is 0 Å². The lowest BCUT2D eigenvalue weighted by atomic mass is 10.5. The Morgan fingerprint density at radius 3 is 3.18 bits per heavy atom. The van der Waals surface area contributed by atoms with Crippen LogP contribution in [-0.2, 0) is 0 Å². The lowest BCUT2D eigenvalue weighted by Gasteiger charge is -2.01. The summed E-state index contributed by atoms with van der Waals surface area (Å²) in [6, 6.07) is 6.25. The van der Waals surface area contributed by atoms with Crippen molar-refractivity contribution < 1.29 is 9.84 Å². The molecule has 0 amide bonds. The second-order valence-electron chi connectivity index (χ2n) is 2.02. The number of aliphatic hydroxyl groups is 1. The van der Waals surface area contributed by atoms with Gasteiger partial charge in [-0.15, -0.1) is 0 Å². The molecule has 0 aromatic carbocycles. The normalized spacial score (nSPS) is 9.55. The standard InChI is InChI=1S/C8H10NO2/c10-6-3-7-11-8-4-1-2-5-9-8/h1,4-5,10H,3,6-7H2. The summed E-state index contributed by atoms with van der Waals surface area (Å²) in [4.78, 5) is 3.89. The molecule has 59 valence electrons. The molecule has 1 aromatic rings. The van der Waals surface area contributed by atoms with Crippen molar-refractivity contribution in [1.82, 2.24) is 4.98 Å². The summed E-state index contributed by atoms with van der Waals surface area (Å²) < 4.78 is 5.16. The molecule has 1 rings (SSSR count). The van der Waals surface area contributed by atoms with E-state index in [2.05, 4.69) is 11.1 Å². The van der Waals surface area contributed by atoms with Gasteiger partial charge in [-0.3, -0.25) is 0 Å². The van der Waals surface area contributed by atoms with Gasteiger partial charge in [0.2, 0.25) is 5.88 Å². The van der Waals surface area contributed by atoms with Crippen molar-refractivity contribution in [1.29, 1.82) is 0 Å². The topological polar surface area (TPSA) is 42.4 Å². The maximum atomic E-state index is 8.44. The lowest BCUT2D eigenvalue weighted by molar-refractivity contribution is 0.229. The number of ether oxygens (including phenoxy) is 1. The molecule has 0 aliphatic carbocycles. The predicted molar refractivity (Wildman–Crippen MR) is 40.3 cm³/mol. The first-order valence-corrected chi connectivity index (χ1v) is 3.49. The summed E-state index contributed by atoms with van der Waals surface area (Å²) >= 11 is 0. The van der Waals surface area contributed by atoms with Gasteiger partial charge < -0.3 is 9.84 Å². The minimum Gasteiger partial charge on any atom is -0.478 e. The van der Waals surface area contributed by atoms with E-state index in [4.69, 9.17) is 9.84 Å². The van der Waals surface area contributed by atoms with Gasteiger partial charge in [0.05, 0.1) is 6.61 Å². The van der Waals surface area contributed by atoms with Crippen LogP contribution in [0.4, 0.5) is 0 Å². The van der Waals surface area contributed by atoms with E-state index in [1.807, 2.05) is 0 Å². The average Bonchev–Trinajstić information content (AvgIpc) is 2.07. The van der Waals surface area contributed by atoms with Gasteiger partial charge in [0.15, 0.2) is 0 Å². The summed E-state index contributed by atoms with van der Waals surface area (Å²) in [6.07, 6.45) is 2.19. The number of pyridine rings is 1. The van der Waals surface area contributed by atoms with Gasteiger partial charge in [0.25, 0.3) is 0 Å². The molecule has 1 radical (unpaired) electrons. The minimum atomic E-state index is 0.152. The fourth-order valence-electron chi connectivity index (χ4n) is 0.633. The highest BCUT2D eigenvalue weighted by molar-refractivity contribution is 5.07. The van der Waals surface area contributed by atoms with E-state index in [1.54, 1.807) is 18.3 Å². The summed E-state index contributed by atoms with van der Waals surface area (Å²) in [7, 11) is 0. The highest BCUT2D eigenvalue weighted by atomic mass is 16.5. The van der Waals surface area contributed by atoms with Crippen LogP contribution in [0.15, 0.2) is 18.3 Å². The molecule has 3 heteroatoms. The molecule has 1 aromatic heterocycles. The fourth-order valence-corrected chi connectivity index (χ4v) is 0.633. The van der Waals surface area contributed by atoms with Crippen LogP contribution in [-0.4, -0.2) is 23.3 Å². The van der Waals surface area contributed by atoms with E-state index >= 15 is 0 Å². The zero-order valence-corrected chi connectivity index (χ0v) is 6.16. The SMILES string of the molecule is OCCCOc1cc[c]cn1. The molecule has 0 bridgehead atoms. The first-order chi connectivity index (χ1) is 5.43. The van der Waals surface area contributed by atoms with E-state index in [-0.39, 0.29) is 6.61 Å². The molecular weight excluding hydrogens is 142 g/mol. The third-order valence-electron chi connectivity index (χ3n) is 1.14. The van der Waals surface area contributed by atoms with Gasteiger partial charge in [-0.05, 0) is 6.07 Å². The fraction of sp³-hybridized carbons (Fsp3) is 0.375. The first kappa shape index (κ1) is 8.01. The Morgan fingerprint density at radius 1 is 1.64 bits per heavy atom. The van der Waals surface area contributed by atoms with Crippen LogP contribution in [0.5, 0.6) is 5.88 Å². The van der Waals surface area contributed by atoms with Crippen molar-refractivity contribution in [3.05, 3.63) is 24.4 Å². The third kappa shape index (κ3) is 3.00. The van der Waals surface area contributed by atoms with Crippen molar-refractivity contribution in [3.63, 3.8) is 0 Å². The summed E-state index contributed by atoms with van der Waals surface area (Å²) in [5.74, 6) is 0.581. The lowest BCUT2D eigenvalue weighted by Crippen LogP contribution is -2.00. The molecule has 0 saturated heterocycles. The summed E-state index contributed by atoms with van der Waals surface area (Å²) in [5, 5.41) is 8.44. The van der Waals surface area contributed by atoms with Crippen molar-refractivity contribution in [2.75, 3.05) is 13.2 Å². The molecule has 3 nitrogen and oxygen atoms in total. The highest BCUT2D eigenvalue weighted by Gasteiger charge is 1.90. The van der Waals surface area contributed by atoms with E-state index in [0.29, 0.717) is 18.9 Å². The Morgan fingerprint density at radius 2 is 2.55 bits per heavy atom. The Kier molecular flexibility index (Phi) is 3.41. The molecule has 0 unspecified atom stereocenters. The Bertz CT molecular complexity index is 189. The second kappa shape index (κ2) is 4.68. The van der Waals surface area contributed by atoms with Crippen LogP contribution in [0.25, 0.3) is 0 Å². The van der Waals surface area contributed by atoms with Gasteiger partial charge >= 0.3 is 0 Å². The van der Waals surface area contributed by atoms with Gasteiger partial charge in [-0.25, -0.2) is 4.98 Å². The predicted octanol–water partition coefficient (Wildman–Crippen LogP) is 0.643. The molecule has 0 saturated carbocycles. The average molecular weight is 152 g/mol. The van der Waals surface area contributed by atoms with E-state index < -0.39 is 0 Å². The van der Waals surface area contributed by atoms with Crippen LogP contribution in [0, 0.1) is 6.07 Å².